The summed E-state index contributed by atoms with van der Waals surface area (Å²) >= 11 is 0. The van der Waals surface area contributed by atoms with Crippen LogP contribution in [0.3, 0.4) is 0 Å². The molecule has 5 heteroatoms. The molecule has 57 heavy (non-hydrogen) atoms. The minimum atomic E-state index is -1.28. The molecule has 0 saturated heterocycles. The van der Waals surface area contributed by atoms with Crippen molar-refractivity contribution in [2.45, 2.75) is 9.79 Å². The maximum atomic E-state index is 14.1. The maximum Gasteiger partial charge on any atom is 0.160 e. The van der Waals surface area contributed by atoms with E-state index in [1.165, 1.54) is 5.39 Å². The van der Waals surface area contributed by atoms with Crippen LogP contribution >= 0.6 is 0 Å². The Morgan fingerprint density at radius 3 is 1.70 bits per heavy atom. The van der Waals surface area contributed by atoms with Gasteiger partial charge in [-0.15, -0.1) is 0 Å². The summed E-state index contributed by atoms with van der Waals surface area (Å²) in [4.78, 5) is 12.0. The van der Waals surface area contributed by atoms with Crippen molar-refractivity contribution < 1.29 is 4.21 Å². The van der Waals surface area contributed by atoms with E-state index in [4.69, 9.17) is 9.97 Å². The molecule has 1 atom stereocenters. The van der Waals surface area contributed by atoms with Crippen LogP contribution in [0.4, 0.5) is 0 Å². The number of fused-ring (bicyclic) bond motifs is 6. The molecule has 0 saturated carbocycles. The molecule has 1 aliphatic rings. The molecular formula is C52H33N3OS. The molecular weight excluding hydrogens is 715 g/mol. The highest BCUT2D eigenvalue weighted by molar-refractivity contribution is 7.86. The van der Waals surface area contributed by atoms with E-state index in [1.54, 1.807) is 0 Å². The predicted molar refractivity (Wildman–Crippen MR) is 234 cm³/mol. The molecule has 0 fully saturated rings. The lowest BCUT2D eigenvalue weighted by atomic mass is 9.97. The van der Waals surface area contributed by atoms with Crippen LogP contribution in [0.5, 0.6) is 0 Å². The minimum Gasteiger partial charge on any atom is -0.309 e. The first-order valence-electron chi connectivity index (χ1n) is 19.1. The number of nitrogens with zero attached hydrogens (tertiary/aromatic N) is 3. The molecule has 3 heterocycles. The number of benzene rings is 8. The highest BCUT2D eigenvalue weighted by Gasteiger charge is 2.29. The zero-order valence-corrected chi connectivity index (χ0v) is 31.5. The fraction of sp³-hybridized carbons (Fsp3) is 0. The molecule has 4 nitrogen and oxygen atoms in total. The van der Waals surface area contributed by atoms with Crippen molar-refractivity contribution in [3.63, 3.8) is 0 Å². The Kier molecular flexibility index (Phi) is 7.86. The van der Waals surface area contributed by atoms with E-state index in [2.05, 4.69) is 150 Å². The van der Waals surface area contributed by atoms with Crippen LogP contribution in [0.1, 0.15) is 0 Å². The van der Waals surface area contributed by atoms with Gasteiger partial charge in [0.05, 0.1) is 48.7 Å². The minimum absolute atomic E-state index is 0.683. The smallest absolute Gasteiger partial charge is 0.160 e. The largest absolute Gasteiger partial charge is 0.309 e. The van der Waals surface area contributed by atoms with Gasteiger partial charge in [0.2, 0.25) is 0 Å². The first kappa shape index (κ1) is 33.2. The molecule has 1 aliphatic heterocycles. The lowest BCUT2D eigenvalue weighted by molar-refractivity contribution is 0.685. The van der Waals surface area contributed by atoms with E-state index in [1.807, 2.05) is 54.6 Å². The maximum absolute atomic E-state index is 14.1. The number of aromatic nitrogens is 3. The van der Waals surface area contributed by atoms with Gasteiger partial charge < -0.3 is 4.57 Å². The van der Waals surface area contributed by atoms with E-state index in [-0.39, 0.29) is 0 Å². The van der Waals surface area contributed by atoms with Gasteiger partial charge in [-0.2, -0.15) is 0 Å². The summed E-state index contributed by atoms with van der Waals surface area (Å²) in [7, 11) is -1.28. The fourth-order valence-corrected chi connectivity index (χ4v) is 9.91. The van der Waals surface area contributed by atoms with Gasteiger partial charge in [-0.3, -0.25) is 0 Å². The molecule has 0 N–H and O–H groups in total. The van der Waals surface area contributed by atoms with Crippen LogP contribution in [0.25, 0.3) is 94.8 Å². The Labute approximate surface area is 332 Å². The van der Waals surface area contributed by atoms with Crippen molar-refractivity contribution in [2.75, 3.05) is 0 Å². The Bertz CT molecular complexity index is 3150. The lowest BCUT2D eigenvalue weighted by Gasteiger charge is -2.16. The second-order valence-electron chi connectivity index (χ2n) is 14.3. The number of hydrogen-bond acceptors (Lipinski definition) is 3. The van der Waals surface area contributed by atoms with Crippen LogP contribution in [0, 0.1) is 0 Å². The highest BCUT2D eigenvalue weighted by Crippen LogP contribution is 2.47. The number of hydrogen-bond donors (Lipinski definition) is 0. The molecule has 0 radical (unpaired) electrons. The highest BCUT2D eigenvalue weighted by atomic mass is 32.2. The SMILES string of the molecule is O=S1c2ccccc2-c2cccc(-c3ccccc3-n3c4ccccc4c4cc(-c5cccc(-c6nc(-c7ccccc7)cc(-c7ccccc7)n6)c5)ccc43)c21. The van der Waals surface area contributed by atoms with Gasteiger partial charge in [-0.1, -0.05) is 158 Å². The average Bonchev–Trinajstić information content (AvgIpc) is 3.78. The van der Waals surface area contributed by atoms with Crippen LogP contribution < -0.4 is 0 Å². The standard InChI is InChI=1S/C52H33N3OS/c56-57-50-28-12-9-23-41(50)43-25-14-24-42(51(43)57)39-21-7-10-26-47(39)55-48-27-11-8-22-40(48)44-32-37(29-30-49(44)55)36-19-13-20-38(31-36)52-53-45(34-15-3-1-4-16-34)33-46(54-52)35-17-5-2-6-18-35/h1-33H. The van der Waals surface area contributed by atoms with E-state index in [0.29, 0.717) is 5.82 Å². The zero-order chi connectivity index (χ0) is 37.9. The van der Waals surface area contributed by atoms with E-state index < -0.39 is 10.8 Å². The topological polar surface area (TPSA) is 47.8 Å². The quantitative estimate of drug-likeness (QED) is 0.170. The van der Waals surface area contributed by atoms with Crippen molar-refractivity contribution in [2.24, 2.45) is 0 Å². The van der Waals surface area contributed by atoms with E-state index in [9.17, 15) is 4.21 Å². The van der Waals surface area contributed by atoms with Crippen LogP contribution in [0.15, 0.2) is 210 Å². The molecule has 0 spiro atoms. The summed E-state index contributed by atoms with van der Waals surface area (Å²) in [6.45, 7) is 0. The molecule has 2 aromatic heterocycles. The van der Waals surface area contributed by atoms with Crippen molar-refractivity contribution in [3.8, 4) is 73.0 Å². The van der Waals surface area contributed by atoms with E-state index in [0.717, 1.165) is 93.4 Å². The molecule has 0 amide bonds. The van der Waals surface area contributed by atoms with Crippen molar-refractivity contribution in [1.82, 2.24) is 14.5 Å². The van der Waals surface area contributed by atoms with Gasteiger partial charge in [0, 0.05) is 44.2 Å². The Hall–Kier alpha value is -7.21. The molecule has 268 valence electrons. The van der Waals surface area contributed by atoms with Gasteiger partial charge in [-0.05, 0) is 59.2 Å². The third-order valence-electron chi connectivity index (χ3n) is 11.0. The summed E-state index contributed by atoms with van der Waals surface area (Å²) in [5.41, 5.74) is 14.4. The number of para-hydroxylation sites is 2. The van der Waals surface area contributed by atoms with Gasteiger partial charge in [-0.25, -0.2) is 14.2 Å². The second kappa shape index (κ2) is 13.5. The molecule has 11 rings (SSSR count). The summed E-state index contributed by atoms with van der Waals surface area (Å²) in [5.74, 6) is 0.683. The second-order valence-corrected chi connectivity index (χ2v) is 15.7. The normalized spacial score (nSPS) is 13.2. The van der Waals surface area contributed by atoms with E-state index >= 15 is 0 Å². The van der Waals surface area contributed by atoms with Gasteiger partial charge in [0.25, 0.3) is 0 Å². The van der Waals surface area contributed by atoms with Gasteiger partial charge in [0.1, 0.15) is 0 Å². The predicted octanol–water partition coefficient (Wildman–Crippen LogP) is 13.1. The van der Waals surface area contributed by atoms with Gasteiger partial charge in [0.15, 0.2) is 5.82 Å². The summed E-state index contributed by atoms with van der Waals surface area (Å²) in [6, 6.07) is 69.4. The first-order chi connectivity index (χ1) is 28.2. The third-order valence-corrected chi connectivity index (χ3v) is 12.6. The molecule has 0 bridgehead atoms. The van der Waals surface area contributed by atoms with Crippen molar-refractivity contribution in [3.05, 3.63) is 200 Å². The molecule has 10 aromatic rings. The lowest BCUT2D eigenvalue weighted by Crippen LogP contribution is -1.99. The molecule has 1 unspecified atom stereocenters. The Morgan fingerprint density at radius 2 is 0.930 bits per heavy atom. The Morgan fingerprint density at radius 1 is 0.386 bits per heavy atom. The summed E-state index contributed by atoms with van der Waals surface area (Å²) in [6.07, 6.45) is 0. The fourth-order valence-electron chi connectivity index (χ4n) is 8.36. The molecule has 8 aromatic carbocycles. The third kappa shape index (κ3) is 5.55. The zero-order valence-electron chi connectivity index (χ0n) is 30.7. The van der Waals surface area contributed by atoms with Crippen LogP contribution in [-0.2, 0) is 10.8 Å². The monoisotopic (exact) mass is 747 g/mol. The summed E-state index contributed by atoms with van der Waals surface area (Å²) in [5, 5.41) is 2.33. The van der Waals surface area contributed by atoms with Crippen molar-refractivity contribution >= 4 is 32.6 Å². The number of rotatable bonds is 6. The van der Waals surface area contributed by atoms with Crippen molar-refractivity contribution in [1.29, 1.82) is 0 Å². The van der Waals surface area contributed by atoms with Crippen LogP contribution in [-0.4, -0.2) is 18.7 Å². The molecule has 0 aliphatic carbocycles. The summed E-state index contributed by atoms with van der Waals surface area (Å²) < 4.78 is 16.4. The van der Waals surface area contributed by atoms with Gasteiger partial charge >= 0.3 is 0 Å². The average molecular weight is 748 g/mol. The van der Waals surface area contributed by atoms with Crippen LogP contribution in [0.2, 0.25) is 0 Å². The first-order valence-corrected chi connectivity index (χ1v) is 20.2. The Balaban J connectivity index is 1.04.